The molecule has 0 fully saturated rings. The van der Waals surface area contributed by atoms with Crippen molar-refractivity contribution in [1.82, 2.24) is 5.32 Å². The number of ether oxygens (including phenoxy) is 1. The number of carbonyl (C=O) groups is 2. The Bertz CT molecular complexity index is 220. The molecule has 0 saturated carbocycles. The van der Waals surface area contributed by atoms with Crippen LogP contribution >= 0.6 is 0 Å². The molecular weight excluding hydrogens is 194 g/mol. The van der Waals surface area contributed by atoms with Crippen molar-refractivity contribution in [3.63, 3.8) is 0 Å². The van der Waals surface area contributed by atoms with Gasteiger partial charge in [-0.05, 0) is 34.1 Å². The second-order valence-electron chi connectivity index (χ2n) is 4.90. The number of alkyl carbamates (subject to hydrolysis) is 1. The highest BCUT2D eigenvalue weighted by Gasteiger charge is 2.18. The standard InChI is InChI=1S/C11H21NO3/c1-8(7-13)6-9(2)12-10(14)15-11(3,4)5/h7-9H,6H2,1-5H3,(H,12,14). The molecule has 0 aromatic carbocycles. The van der Waals surface area contributed by atoms with Gasteiger partial charge >= 0.3 is 6.09 Å². The van der Waals surface area contributed by atoms with Crippen LogP contribution in [0.4, 0.5) is 4.79 Å². The third-order valence-electron chi connectivity index (χ3n) is 1.72. The minimum atomic E-state index is -0.486. The van der Waals surface area contributed by atoms with Crippen LogP contribution in [0.25, 0.3) is 0 Å². The van der Waals surface area contributed by atoms with E-state index in [0.29, 0.717) is 6.42 Å². The summed E-state index contributed by atoms with van der Waals surface area (Å²) in [6.45, 7) is 9.10. The maximum absolute atomic E-state index is 11.3. The molecule has 1 N–H and O–H groups in total. The van der Waals surface area contributed by atoms with E-state index >= 15 is 0 Å². The van der Waals surface area contributed by atoms with Gasteiger partial charge in [-0.2, -0.15) is 0 Å². The predicted octanol–water partition coefficient (Wildman–Crippen LogP) is 2.12. The number of hydrogen-bond donors (Lipinski definition) is 1. The van der Waals surface area contributed by atoms with Crippen molar-refractivity contribution in [3.8, 4) is 0 Å². The minimum Gasteiger partial charge on any atom is -0.444 e. The van der Waals surface area contributed by atoms with E-state index < -0.39 is 11.7 Å². The van der Waals surface area contributed by atoms with E-state index in [0.717, 1.165) is 6.29 Å². The fourth-order valence-electron chi connectivity index (χ4n) is 1.18. The molecule has 0 spiro atoms. The zero-order chi connectivity index (χ0) is 12.1. The van der Waals surface area contributed by atoms with Crippen LogP contribution in [-0.2, 0) is 9.53 Å². The predicted molar refractivity (Wildman–Crippen MR) is 58.7 cm³/mol. The maximum atomic E-state index is 11.3. The highest BCUT2D eigenvalue weighted by molar-refractivity contribution is 5.68. The van der Waals surface area contributed by atoms with E-state index in [-0.39, 0.29) is 12.0 Å². The van der Waals surface area contributed by atoms with E-state index in [1.54, 1.807) is 0 Å². The van der Waals surface area contributed by atoms with Crippen molar-refractivity contribution >= 4 is 12.4 Å². The van der Waals surface area contributed by atoms with Gasteiger partial charge in [0.25, 0.3) is 0 Å². The first kappa shape index (κ1) is 13.9. The number of amides is 1. The van der Waals surface area contributed by atoms with Gasteiger partial charge in [0.05, 0.1) is 0 Å². The van der Waals surface area contributed by atoms with Gasteiger partial charge in [0, 0.05) is 12.0 Å². The molecule has 0 aromatic rings. The lowest BCUT2D eigenvalue weighted by atomic mass is 10.1. The van der Waals surface area contributed by atoms with Crippen LogP contribution in [-0.4, -0.2) is 24.0 Å². The van der Waals surface area contributed by atoms with Crippen molar-refractivity contribution < 1.29 is 14.3 Å². The molecule has 15 heavy (non-hydrogen) atoms. The van der Waals surface area contributed by atoms with Crippen LogP contribution < -0.4 is 5.32 Å². The third-order valence-corrected chi connectivity index (χ3v) is 1.72. The Morgan fingerprint density at radius 1 is 1.40 bits per heavy atom. The fraction of sp³-hybridized carbons (Fsp3) is 0.818. The lowest BCUT2D eigenvalue weighted by molar-refractivity contribution is -0.111. The molecule has 4 heteroatoms. The number of rotatable bonds is 4. The molecule has 4 nitrogen and oxygen atoms in total. The van der Waals surface area contributed by atoms with Crippen LogP contribution in [0.1, 0.15) is 41.0 Å². The summed E-state index contributed by atoms with van der Waals surface area (Å²) in [6.07, 6.45) is 1.07. The summed E-state index contributed by atoms with van der Waals surface area (Å²) in [4.78, 5) is 21.7. The number of carbonyl (C=O) groups excluding carboxylic acids is 2. The summed E-state index contributed by atoms with van der Waals surface area (Å²) in [6, 6.07) is -0.0555. The minimum absolute atomic E-state index is 0.0464. The molecule has 0 bridgehead atoms. The molecule has 0 aliphatic rings. The van der Waals surface area contributed by atoms with Crippen LogP contribution in [0.15, 0.2) is 0 Å². The van der Waals surface area contributed by atoms with Gasteiger partial charge in [0.1, 0.15) is 11.9 Å². The van der Waals surface area contributed by atoms with Gasteiger partial charge in [0.15, 0.2) is 0 Å². The smallest absolute Gasteiger partial charge is 0.407 e. The van der Waals surface area contributed by atoms with Crippen LogP contribution in [0.3, 0.4) is 0 Å². The van der Waals surface area contributed by atoms with Crippen molar-refractivity contribution in [2.24, 2.45) is 5.92 Å². The SMILES string of the molecule is CC(C=O)CC(C)NC(=O)OC(C)(C)C. The third kappa shape index (κ3) is 7.97. The lowest BCUT2D eigenvalue weighted by Crippen LogP contribution is -2.38. The van der Waals surface area contributed by atoms with Gasteiger partial charge < -0.3 is 14.8 Å². The van der Waals surface area contributed by atoms with E-state index in [4.69, 9.17) is 4.74 Å². The molecule has 0 aromatic heterocycles. The molecule has 88 valence electrons. The van der Waals surface area contributed by atoms with Gasteiger partial charge in [-0.1, -0.05) is 6.92 Å². The normalized spacial score (nSPS) is 15.3. The summed E-state index contributed by atoms with van der Waals surface area (Å²) >= 11 is 0. The highest BCUT2D eigenvalue weighted by Crippen LogP contribution is 2.08. The van der Waals surface area contributed by atoms with Crippen molar-refractivity contribution in [2.75, 3.05) is 0 Å². The number of nitrogens with one attached hydrogen (secondary N) is 1. The molecule has 0 aliphatic carbocycles. The molecule has 0 rings (SSSR count). The van der Waals surface area contributed by atoms with Crippen LogP contribution in [0.2, 0.25) is 0 Å². The van der Waals surface area contributed by atoms with Crippen LogP contribution in [0.5, 0.6) is 0 Å². The van der Waals surface area contributed by atoms with E-state index in [1.807, 2.05) is 34.6 Å². The summed E-state index contributed by atoms with van der Waals surface area (Å²) in [5.41, 5.74) is -0.486. The number of hydrogen-bond acceptors (Lipinski definition) is 3. The molecule has 2 atom stereocenters. The summed E-state index contributed by atoms with van der Waals surface area (Å²) < 4.78 is 5.09. The molecule has 0 heterocycles. The van der Waals surface area contributed by atoms with Gasteiger partial charge in [0.2, 0.25) is 0 Å². The van der Waals surface area contributed by atoms with E-state index in [9.17, 15) is 9.59 Å². The number of aldehydes is 1. The van der Waals surface area contributed by atoms with E-state index in [2.05, 4.69) is 5.32 Å². The Kier molecular flexibility index (Phi) is 5.33. The molecule has 0 saturated heterocycles. The Hall–Kier alpha value is -1.06. The Balaban J connectivity index is 3.91. The Morgan fingerprint density at radius 3 is 2.33 bits per heavy atom. The molecule has 0 radical (unpaired) electrons. The quantitative estimate of drug-likeness (QED) is 0.731. The molecule has 2 unspecified atom stereocenters. The fourth-order valence-corrected chi connectivity index (χ4v) is 1.18. The second-order valence-corrected chi connectivity index (χ2v) is 4.90. The van der Waals surface area contributed by atoms with E-state index in [1.165, 1.54) is 0 Å². The van der Waals surface area contributed by atoms with Gasteiger partial charge in [-0.25, -0.2) is 4.79 Å². The van der Waals surface area contributed by atoms with Crippen molar-refractivity contribution in [3.05, 3.63) is 0 Å². The average Bonchev–Trinajstić information content (AvgIpc) is 1.99. The monoisotopic (exact) mass is 215 g/mol. The summed E-state index contributed by atoms with van der Waals surface area (Å²) in [5.74, 6) is -0.0464. The molecule has 1 amide bonds. The largest absolute Gasteiger partial charge is 0.444 e. The molecule has 0 aliphatic heterocycles. The second kappa shape index (κ2) is 5.73. The first-order valence-corrected chi connectivity index (χ1v) is 5.19. The average molecular weight is 215 g/mol. The van der Waals surface area contributed by atoms with Crippen molar-refractivity contribution in [2.45, 2.75) is 52.7 Å². The maximum Gasteiger partial charge on any atom is 0.407 e. The van der Waals surface area contributed by atoms with Gasteiger partial charge in [-0.15, -0.1) is 0 Å². The topological polar surface area (TPSA) is 55.4 Å². The summed E-state index contributed by atoms with van der Waals surface area (Å²) in [5, 5.41) is 2.68. The van der Waals surface area contributed by atoms with Gasteiger partial charge in [-0.3, -0.25) is 0 Å². The van der Waals surface area contributed by atoms with Crippen molar-refractivity contribution in [1.29, 1.82) is 0 Å². The highest BCUT2D eigenvalue weighted by atomic mass is 16.6. The lowest BCUT2D eigenvalue weighted by Gasteiger charge is -2.22. The zero-order valence-corrected chi connectivity index (χ0v) is 10.2. The first-order valence-electron chi connectivity index (χ1n) is 5.19. The Morgan fingerprint density at radius 2 is 1.93 bits per heavy atom. The first-order chi connectivity index (χ1) is 6.74. The Labute approximate surface area is 91.4 Å². The molecular formula is C11H21NO3. The van der Waals surface area contributed by atoms with Crippen LogP contribution in [0, 0.1) is 5.92 Å². The zero-order valence-electron chi connectivity index (χ0n) is 10.2. The summed E-state index contributed by atoms with van der Waals surface area (Å²) in [7, 11) is 0.